The lowest BCUT2D eigenvalue weighted by Crippen LogP contribution is -2.10. The highest BCUT2D eigenvalue weighted by Gasteiger charge is 2.20. The molecule has 6 nitrogen and oxygen atoms in total. The fourth-order valence-electron chi connectivity index (χ4n) is 1.78. The predicted octanol–water partition coefficient (Wildman–Crippen LogP) is 1.60. The van der Waals surface area contributed by atoms with Gasteiger partial charge in [-0.05, 0) is 13.0 Å². The van der Waals surface area contributed by atoms with Crippen LogP contribution in [0.1, 0.15) is 17.8 Å². The number of rotatable bonds is 4. The van der Waals surface area contributed by atoms with Crippen LogP contribution in [0.15, 0.2) is 12.1 Å². The van der Waals surface area contributed by atoms with Gasteiger partial charge in [-0.25, -0.2) is 0 Å². The van der Waals surface area contributed by atoms with E-state index in [1.165, 1.54) is 6.07 Å². The zero-order valence-corrected chi connectivity index (χ0v) is 9.59. The maximum atomic E-state index is 10.8. The van der Waals surface area contributed by atoms with Gasteiger partial charge in [0.2, 0.25) is 0 Å². The second kappa shape index (κ2) is 5.20. The van der Waals surface area contributed by atoms with E-state index in [0.717, 1.165) is 5.69 Å². The molecule has 92 valence electrons. The van der Waals surface area contributed by atoms with Gasteiger partial charge in [-0.2, -0.15) is 0 Å². The molecule has 0 radical (unpaired) electrons. The van der Waals surface area contributed by atoms with E-state index < -0.39 is 4.92 Å². The van der Waals surface area contributed by atoms with Gasteiger partial charge in [0.15, 0.2) is 6.29 Å². The van der Waals surface area contributed by atoms with Gasteiger partial charge in [0.05, 0.1) is 18.1 Å². The number of hydrogen-bond acceptors (Lipinski definition) is 5. The van der Waals surface area contributed by atoms with Crippen LogP contribution in [-0.2, 0) is 15.9 Å². The molecule has 0 aromatic carbocycles. The maximum absolute atomic E-state index is 10.8. The zero-order valence-electron chi connectivity index (χ0n) is 9.59. The highest BCUT2D eigenvalue weighted by molar-refractivity contribution is 5.36. The number of nitro groups is 1. The van der Waals surface area contributed by atoms with Crippen molar-refractivity contribution in [3.05, 3.63) is 33.6 Å². The van der Waals surface area contributed by atoms with Gasteiger partial charge in [0.25, 0.3) is 5.69 Å². The first-order valence-corrected chi connectivity index (χ1v) is 5.51. The largest absolute Gasteiger partial charge is 0.350 e. The standard InChI is InChI=1S/C11H14N2O4/c1-8-2-4-10(13(14)15)9(12-8)3-5-11-16-6-7-17-11/h2,4,11H,3,5-7H2,1H3. The molecule has 2 rings (SSSR count). The highest BCUT2D eigenvalue weighted by Crippen LogP contribution is 2.20. The minimum absolute atomic E-state index is 0.0635. The van der Waals surface area contributed by atoms with Crippen molar-refractivity contribution in [2.75, 3.05) is 13.2 Å². The molecule has 0 aliphatic carbocycles. The molecule has 2 heterocycles. The second-order valence-corrected chi connectivity index (χ2v) is 3.89. The first-order chi connectivity index (χ1) is 8.16. The van der Waals surface area contributed by atoms with E-state index in [0.29, 0.717) is 31.7 Å². The Balaban J connectivity index is 2.07. The molecule has 1 fully saturated rings. The first-order valence-electron chi connectivity index (χ1n) is 5.51. The van der Waals surface area contributed by atoms with Crippen molar-refractivity contribution in [3.63, 3.8) is 0 Å². The number of aryl methyl sites for hydroxylation is 2. The number of pyridine rings is 1. The minimum Gasteiger partial charge on any atom is -0.350 e. The average Bonchev–Trinajstić information content (AvgIpc) is 2.78. The van der Waals surface area contributed by atoms with Gasteiger partial charge in [-0.15, -0.1) is 0 Å². The lowest BCUT2D eigenvalue weighted by atomic mass is 10.1. The van der Waals surface area contributed by atoms with Crippen LogP contribution in [0.3, 0.4) is 0 Å². The summed E-state index contributed by atoms with van der Waals surface area (Å²) in [5, 5.41) is 10.8. The summed E-state index contributed by atoms with van der Waals surface area (Å²) >= 11 is 0. The summed E-state index contributed by atoms with van der Waals surface area (Å²) in [7, 11) is 0. The topological polar surface area (TPSA) is 74.5 Å². The Bertz CT molecular complexity index is 416. The Morgan fingerprint density at radius 3 is 2.82 bits per heavy atom. The van der Waals surface area contributed by atoms with Gasteiger partial charge < -0.3 is 9.47 Å². The van der Waals surface area contributed by atoms with Gasteiger partial charge in [0.1, 0.15) is 5.69 Å². The SMILES string of the molecule is Cc1ccc([N+](=O)[O-])c(CCC2OCCO2)n1. The Labute approximate surface area is 98.7 Å². The van der Waals surface area contributed by atoms with Gasteiger partial charge in [-0.3, -0.25) is 15.1 Å². The van der Waals surface area contributed by atoms with Crippen molar-refractivity contribution < 1.29 is 14.4 Å². The van der Waals surface area contributed by atoms with Crippen molar-refractivity contribution >= 4 is 5.69 Å². The fraction of sp³-hybridized carbons (Fsp3) is 0.545. The molecule has 0 N–H and O–H groups in total. The lowest BCUT2D eigenvalue weighted by molar-refractivity contribution is -0.386. The molecular formula is C11H14N2O4. The van der Waals surface area contributed by atoms with Gasteiger partial charge in [-0.1, -0.05) is 0 Å². The van der Waals surface area contributed by atoms with Crippen molar-refractivity contribution in [3.8, 4) is 0 Å². The van der Waals surface area contributed by atoms with Crippen LogP contribution in [0.25, 0.3) is 0 Å². The predicted molar refractivity (Wildman–Crippen MR) is 59.6 cm³/mol. The molecule has 0 spiro atoms. The quantitative estimate of drug-likeness (QED) is 0.588. The second-order valence-electron chi connectivity index (χ2n) is 3.89. The molecule has 1 aliphatic rings. The Morgan fingerprint density at radius 2 is 2.18 bits per heavy atom. The monoisotopic (exact) mass is 238 g/mol. The molecular weight excluding hydrogens is 224 g/mol. The average molecular weight is 238 g/mol. The third kappa shape index (κ3) is 2.98. The Kier molecular flexibility index (Phi) is 3.65. The Hall–Kier alpha value is -1.53. The third-order valence-corrected chi connectivity index (χ3v) is 2.59. The molecule has 0 unspecified atom stereocenters. The molecule has 6 heteroatoms. The van der Waals surface area contributed by atoms with Crippen LogP contribution in [0.4, 0.5) is 5.69 Å². The van der Waals surface area contributed by atoms with E-state index >= 15 is 0 Å². The molecule has 0 bridgehead atoms. The number of nitrogens with zero attached hydrogens (tertiary/aromatic N) is 2. The van der Waals surface area contributed by atoms with Crippen molar-refractivity contribution in [2.45, 2.75) is 26.1 Å². The smallest absolute Gasteiger partial charge is 0.290 e. The van der Waals surface area contributed by atoms with Crippen molar-refractivity contribution in [2.24, 2.45) is 0 Å². The van der Waals surface area contributed by atoms with Crippen LogP contribution in [0.5, 0.6) is 0 Å². The molecule has 0 saturated carbocycles. The fourth-order valence-corrected chi connectivity index (χ4v) is 1.78. The summed E-state index contributed by atoms with van der Waals surface area (Å²) in [5.74, 6) is 0. The number of ether oxygens (including phenoxy) is 2. The molecule has 1 aromatic rings. The summed E-state index contributed by atoms with van der Waals surface area (Å²) < 4.78 is 10.6. The van der Waals surface area contributed by atoms with E-state index in [1.807, 2.05) is 6.92 Å². The zero-order chi connectivity index (χ0) is 12.3. The molecule has 1 saturated heterocycles. The molecule has 0 atom stereocenters. The van der Waals surface area contributed by atoms with E-state index in [2.05, 4.69) is 4.98 Å². The number of aromatic nitrogens is 1. The van der Waals surface area contributed by atoms with Crippen LogP contribution in [-0.4, -0.2) is 29.4 Å². The summed E-state index contributed by atoms with van der Waals surface area (Å²) in [6.07, 6.45) is 0.830. The molecule has 17 heavy (non-hydrogen) atoms. The maximum Gasteiger partial charge on any atom is 0.290 e. The summed E-state index contributed by atoms with van der Waals surface area (Å²) in [5.41, 5.74) is 1.33. The van der Waals surface area contributed by atoms with Gasteiger partial charge in [0, 0.05) is 24.6 Å². The van der Waals surface area contributed by atoms with E-state index in [-0.39, 0.29) is 12.0 Å². The van der Waals surface area contributed by atoms with E-state index in [9.17, 15) is 10.1 Å². The molecule has 0 amide bonds. The Morgan fingerprint density at radius 1 is 1.47 bits per heavy atom. The first kappa shape index (κ1) is 11.9. The van der Waals surface area contributed by atoms with Crippen LogP contribution in [0.2, 0.25) is 0 Å². The minimum atomic E-state index is -0.405. The third-order valence-electron chi connectivity index (χ3n) is 2.59. The summed E-state index contributed by atoms with van der Waals surface area (Å²) in [6.45, 7) is 3.00. The highest BCUT2D eigenvalue weighted by atomic mass is 16.7. The normalized spacial score (nSPS) is 16.3. The summed E-state index contributed by atoms with van der Waals surface area (Å²) in [6, 6.07) is 3.14. The molecule has 1 aliphatic heterocycles. The van der Waals surface area contributed by atoms with E-state index in [1.54, 1.807) is 6.07 Å². The van der Waals surface area contributed by atoms with Crippen LogP contribution in [0, 0.1) is 17.0 Å². The van der Waals surface area contributed by atoms with Gasteiger partial charge >= 0.3 is 0 Å². The van der Waals surface area contributed by atoms with Crippen LogP contribution >= 0.6 is 0 Å². The van der Waals surface area contributed by atoms with E-state index in [4.69, 9.17) is 9.47 Å². The molecule has 1 aromatic heterocycles. The number of hydrogen-bond donors (Lipinski definition) is 0. The lowest BCUT2D eigenvalue weighted by Gasteiger charge is -2.08. The van der Waals surface area contributed by atoms with Crippen molar-refractivity contribution in [1.82, 2.24) is 4.98 Å². The van der Waals surface area contributed by atoms with Crippen molar-refractivity contribution in [1.29, 1.82) is 0 Å². The van der Waals surface area contributed by atoms with Crippen LogP contribution < -0.4 is 0 Å². The summed E-state index contributed by atoms with van der Waals surface area (Å²) in [4.78, 5) is 14.6.